The van der Waals surface area contributed by atoms with Crippen LogP contribution in [0.4, 0.5) is 5.13 Å². The van der Waals surface area contributed by atoms with E-state index >= 15 is 0 Å². The average molecular weight is 569 g/mol. The van der Waals surface area contributed by atoms with Crippen molar-refractivity contribution in [2.24, 2.45) is 5.16 Å². The zero-order valence-corrected chi connectivity index (χ0v) is 21.8. The summed E-state index contributed by atoms with van der Waals surface area (Å²) in [7, 11) is 0. The molecule has 3 aromatic heterocycles. The van der Waals surface area contributed by atoms with Crippen LogP contribution < -0.4 is 15.6 Å². The lowest BCUT2D eigenvalue weighted by Gasteiger charge is -2.49. The molecule has 16 heteroatoms. The first kappa shape index (κ1) is 25.0. The molecule has 6 rings (SSSR count). The lowest BCUT2D eigenvalue weighted by Crippen LogP contribution is -2.71. The number of aromatic nitrogens is 5. The van der Waals surface area contributed by atoms with Crippen LogP contribution in [0.25, 0.3) is 5.65 Å². The molecule has 2 amide bonds. The molecule has 1 fully saturated rings. The normalized spacial score (nSPS) is 22.7. The van der Waals surface area contributed by atoms with E-state index in [4.69, 9.17) is 10.6 Å². The number of imidazole rings is 1. The Morgan fingerprint density at radius 3 is 3.00 bits per heavy atom. The van der Waals surface area contributed by atoms with Crippen molar-refractivity contribution in [2.75, 3.05) is 11.5 Å². The van der Waals surface area contributed by atoms with Crippen molar-refractivity contribution in [1.82, 2.24) is 29.2 Å². The summed E-state index contributed by atoms with van der Waals surface area (Å²) in [6.45, 7) is 0.269. The molecule has 5 heterocycles. The second kappa shape index (κ2) is 10.1. The summed E-state index contributed by atoms with van der Waals surface area (Å²) in [5.74, 6) is -2.12. The molecule has 0 saturated carbocycles. The van der Waals surface area contributed by atoms with Gasteiger partial charge in [0.05, 0.1) is 6.20 Å². The Kier molecular flexibility index (Phi) is 6.48. The van der Waals surface area contributed by atoms with Crippen LogP contribution in [-0.4, -0.2) is 75.7 Å². The standard InChI is InChI=1S/C23H21N9O5S2/c24-23-27-18(29-39-23)15(28-37-13-4-1-2-5-13)19(33)26-16-20(34)32-17(22(35)36)12(11-38-21(16)32)10-30-8-9-31-14(30)6-3-7-25-31/h1,3-4,6-9,13,16,21H,2,5,10-11H2,(H3-,24,26,27,29,33,35,36)/p+1/b28-15-/t13?,16-,21-/m1/s1. The van der Waals surface area contributed by atoms with Gasteiger partial charge in [-0.1, -0.05) is 16.3 Å². The Morgan fingerprint density at radius 2 is 2.26 bits per heavy atom. The third kappa shape index (κ3) is 4.61. The van der Waals surface area contributed by atoms with Gasteiger partial charge >= 0.3 is 11.6 Å². The summed E-state index contributed by atoms with van der Waals surface area (Å²) in [4.78, 5) is 49.4. The highest BCUT2D eigenvalue weighted by Gasteiger charge is 2.54. The second-order valence-electron chi connectivity index (χ2n) is 8.92. The summed E-state index contributed by atoms with van der Waals surface area (Å²) in [6, 6.07) is 2.70. The molecular formula is C23H22N9O5S2+. The molecule has 4 N–H and O–H groups in total. The lowest BCUT2D eigenvalue weighted by molar-refractivity contribution is -0.662. The van der Waals surface area contributed by atoms with Crippen LogP contribution in [0.2, 0.25) is 0 Å². The van der Waals surface area contributed by atoms with Gasteiger partial charge in [-0.3, -0.25) is 14.5 Å². The molecule has 2 aliphatic heterocycles. The zero-order valence-electron chi connectivity index (χ0n) is 20.2. The van der Waals surface area contributed by atoms with Crippen LogP contribution in [0, 0.1) is 0 Å². The summed E-state index contributed by atoms with van der Waals surface area (Å²) >= 11 is 2.27. The van der Waals surface area contributed by atoms with Gasteiger partial charge in [0, 0.05) is 28.9 Å². The first-order valence-electron chi connectivity index (χ1n) is 11.9. The molecule has 3 atom stereocenters. The van der Waals surface area contributed by atoms with Crippen molar-refractivity contribution in [2.45, 2.75) is 36.9 Å². The molecule has 0 radical (unpaired) electrons. The molecule has 0 aromatic carbocycles. The van der Waals surface area contributed by atoms with Crippen LogP contribution in [0.1, 0.15) is 18.7 Å². The Bertz CT molecular complexity index is 1580. The molecule has 1 saturated heterocycles. The van der Waals surface area contributed by atoms with Gasteiger partial charge in [-0.15, -0.1) is 16.3 Å². The van der Waals surface area contributed by atoms with Crippen LogP contribution in [0.5, 0.6) is 0 Å². The number of fused-ring (bicyclic) bond motifs is 2. The number of nitrogens with two attached hydrogens (primary N) is 1. The highest BCUT2D eigenvalue weighted by atomic mass is 32.2. The van der Waals surface area contributed by atoms with E-state index < -0.39 is 29.2 Å². The molecule has 1 unspecified atom stereocenters. The number of allylic oxidation sites excluding steroid dienone is 1. The Hall–Kier alpha value is -4.31. The second-order valence-corrected chi connectivity index (χ2v) is 10.8. The maximum absolute atomic E-state index is 13.2. The van der Waals surface area contributed by atoms with Gasteiger partial charge in [0.1, 0.15) is 36.0 Å². The number of nitrogen functional groups attached to an aromatic ring is 1. The number of carboxylic acids is 1. The lowest BCUT2D eigenvalue weighted by atomic mass is 10.0. The van der Waals surface area contributed by atoms with E-state index in [1.165, 1.54) is 16.7 Å². The number of β-lactam (4-membered cyclic amide) rings is 1. The minimum absolute atomic E-state index is 0.0170. The van der Waals surface area contributed by atoms with E-state index in [1.54, 1.807) is 29.2 Å². The summed E-state index contributed by atoms with van der Waals surface area (Å²) in [5, 5.41) is 20.5. The number of oxime groups is 1. The first-order valence-corrected chi connectivity index (χ1v) is 13.8. The quantitative estimate of drug-likeness (QED) is 0.109. The Morgan fingerprint density at radius 1 is 1.38 bits per heavy atom. The van der Waals surface area contributed by atoms with Crippen molar-refractivity contribution in [1.29, 1.82) is 0 Å². The molecule has 3 aliphatic rings. The van der Waals surface area contributed by atoms with Gasteiger partial charge in [-0.05, 0) is 25.0 Å². The highest BCUT2D eigenvalue weighted by Crippen LogP contribution is 2.40. The van der Waals surface area contributed by atoms with Crippen molar-refractivity contribution in [3.8, 4) is 0 Å². The molecule has 14 nitrogen and oxygen atoms in total. The van der Waals surface area contributed by atoms with Crippen LogP contribution >= 0.6 is 23.3 Å². The number of thioether (sulfide) groups is 1. The maximum atomic E-state index is 13.2. The van der Waals surface area contributed by atoms with Crippen LogP contribution in [0.15, 0.2) is 59.3 Å². The number of nitrogens with zero attached hydrogens (tertiary/aromatic N) is 7. The zero-order chi connectivity index (χ0) is 27.1. The van der Waals surface area contributed by atoms with Crippen molar-refractivity contribution in [3.63, 3.8) is 0 Å². The number of carbonyl (C=O) groups is 3. The fraction of sp³-hybridized carbons (Fsp3) is 0.304. The fourth-order valence-electron chi connectivity index (χ4n) is 4.62. The van der Waals surface area contributed by atoms with Gasteiger partial charge in [0.15, 0.2) is 11.3 Å². The van der Waals surface area contributed by atoms with Crippen molar-refractivity contribution in [3.05, 3.63) is 60.0 Å². The highest BCUT2D eigenvalue weighted by molar-refractivity contribution is 8.00. The number of carboxylic acid groups (broad SMARTS) is 1. The number of aliphatic carboxylic acids is 1. The van der Waals surface area contributed by atoms with E-state index in [1.807, 2.05) is 22.8 Å². The fourth-order valence-corrected chi connectivity index (χ4v) is 6.39. The number of nitrogens with one attached hydrogen (secondary N) is 1. The number of rotatable bonds is 8. The first-order chi connectivity index (χ1) is 18.9. The van der Waals surface area contributed by atoms with Gasteiger partial charge in [0.2, 0.25) is 11.5 Å². The van der Waals surface area contributed by atoms with Gasteiger partial charge < -0.3 is 21.0 Å². The van der Waals surface area contributed by atoms with Gasteiger partial charge in [-0.25, -0.2) is 9.36 Å². The molecule has 0 spiro atoms. The topological polar surface area (TPSA) is 181 Å². The SMILES string of the molecule is Nc1nc(/C(=N/OC2C=CCC2)C(=O)N[C@@H]2C(=O)N3C(C(=O)O)=C(C[n+]4ccn5ncccc54)CS[C@H]23)ns1. The predicted octanol–water partition coefficient (Wildman–Crippen LogP) is -0.0664. The van der Waals surface area contributed by atoms with E-state index in [0.717, 1.165) is 30.0 Å². The average Bonchev–Trinajstić information content (AvgIpc) is 3.69. The number of amides is 2. The number of hydrogen-bond donors (Lipinski definition) is 3. The number of anilines is 1. The summed E-state index contributed by atoms with van der Waals surface area (Å²) in [5.41, 5.74) is 6.75. The van der Waals surface area contributed by atoms with Crippen LogP contribution in [-0.2, 0) is 25.8 Å². The minimum atomic E-state index is -1.21. The molecule has 0 bridgehead atoms. The molecule has 39 heavy (non-hydrogen) atoms. The molecule has 200 valence electrons. The van der Waals surface area contributed by atoms with Crippen LogP contribution in [0.3, 0.4) is 0 Å². The van der Waals surface area contributed by atoms with E-state index in [-0.39, 0.29) is 35.0 Å². The molecule has 3 aromatic rings. The smallest absolute Gasteiger partial charge is 0.352 e. The van der Waals surface area contributed by atoms with Gasteiger partial charge in [0.25, 0.3) is 11.8 Å². The van der Waals surface area contributed by atoms with Gasteiger partial charge in [-0.2, -0.15) is 9.36 Å². The molecule has 1 aliphatic carbocycles. The van der Waals surface area contributed by atoms with E-state index in [2.05, 4.69) is 24.9 Å². The Labute approximate surface area is 229 Å². The van der Waals surface area contributed by atoms with E-state index in [0.29, 0.717) is 11.3 Å². The maximum Gasteiger partial charge on any atom is 0.352 e. The monoisotopic (exact) mass is 568 g/mol. The minimum Gasteiger partial charge on any atom is -0.477 e. The van der Waals surface area contributed by atoms with E-state index in [9.17, 15) is 19.5 Å². The number of carbonyl (C=O) groups excluding carboxylic acids is 2. The number of hydrogen-bond acceptors (Lipinski definition) is 11. The third-order valence-corrected chi connectivity index (χ3v) is 8.34. The van der Waals surface area contributed by atoms with Crippen molar-refractivity contribution >= 4 is 57.6 Å². The largest absolute Gasteiger partial charge is 0.477 e. The summed E-state index contributed by atoms with van der Waals surface area (Å²) < 4.78 is 7.60. The molecular weight excluding hydrogens is 546 g/mol. The predicted molar refractivity (Wildman–Crippen MR) is 139 cm³/mol. The third-order valence-electron chi connectivity index (χ3n) is 6.45. The summed E-state index contributed by atoms with van der Waals surface area (Å²) in [6.07, 6.45) is 10.3. The van der Waals surface area contributed by atoms with Crippen molar-refractivity contribution < 1.29 is 28.9 Å². The Balaban J connectivity index is 1.21.